The van der Waals surface area contributed by atoms with Crippen molar-refractivity contribution >= 4 is 17.6 Å². The van der Waals surface area contributed by atoms with Gasteiger partial charge in [-0.25, -0.2) is 13.6 Å². The number of carboxylic acids is 1. The van der Waals surface area contributed by atoms with Crippen molar-refractivity contribution in [2.24, 2.45) is 0 Å². The van der Waals surface area contributed by atoms with Gasteiger partial charge in [-0.05, 0) is 42.8 Å². The highest BCUT2D eigenvalue weighted by Crippen LogP contribution is 2.27. The lowest BCUT2D eigenvalue weighted by molar-refractivity contribution is 0.0696. The minimum Gasteiger partial charge on any atom is -0.491 e. The van der Waals surface area contributed by atoms with Crippen molar-refractivity contribution in [1.82, 2.24) is 0 Å². The first-order valence-electron chi connectivity index (χ1n) is 7.19. The summed E-state index contributed by atoms with van der Waals surface area (Å²) in [6.07, 6.45) is 0.719. The Balaban J connectivity index is 2.31. The number of rotatable bonds is 6. The monoisotopic (exact) mass is 335 g/mol. The van der Waals surface area contributed by atoms with Gasteiger partial charge in [0.05, 0.1) is 17.9 Å². The van der Waals surface area contributed by atoms with Gasteiger partial charge in [-0.15, -0.1) is 0 Å². The summed E-state index contributed by atoms with van der Waals surface area (Å²) in [4.78, 5) is 23.3. The van der Waals surface area contributed by atoms with Gasteiger partial charge in [-0.3, -0.25) is 4.79 Å². The minimum absolute atomic E-state index is 0.0422. The van der Waals surface area contributed by atoms with Crippen LogP contribution in [-0.2, 0) is 0 Å². The van der Waals surface area contributed by atoms with Gasteiger partial charge in [0.25, 0.3) is 5.91 Å². The lowest BCUT2D eigenvalue weighted by Gasteiger charge is -2.13. The molecule has 2 N–H and O–H groups in total. The SMILES string of the molecule is CCCOc1ccc(C(=O)O)cc1NC(=O)c1ccc(F)c(F)c1. The highest BCUT2D eigenvalue weighted by atomic mass is 19.2. The van der Waals surface area contributed by atoms with Gasteiger partial charge >= 0.3 is 5.97 Å². The Morgan fingerprint density at radius 1 is 1.08 bits per heavy atom. The van der Waals surface area contributed by atoms with Crippen LogP contribution in [0.2, 0.25) is 0 Å². The number of nitrogens with one attached hydrogen (secondary N) is 1. The maximum absolute atomic E-state index is 13.2. The number of hydrogen-bond acceptors (Lipinski definition) is 3. The van der Waals surface area contributed by atoms with Crippen LogP contribution in [-0.4, -0.2) is 23.6 Å². The maximum Gasteiger partial charge on any atom is 0.335 e. The molecule has 0 saturated carbocycles. The van der Waals surface area contributed by atoms with Crippen molar-refractivity contribution in [2.75, 3.05) is 11.9 Å². The molecule has 0 fully saturated rings. The molecule has 2 rings (SSSR count). The van der Waals surface area contributed by atoms with E-state index in [4.69, 9.17) is 9.84 Å². The second-order valence-electron chi connectivity index (χ2n) is 4.95. The topological polar surface area (TPSA) is 75.6 Å². The summed E-state index contributed by atoms with van der Waals surface area (Å²) in [5, 5.41) is 11.5. The maximum atomic E-state index is 13.2. The summed E-state index contributed by atoms with van der Waals surface area (Å²) < 4.78 is 31.6. The van der Waals surface area contributed by atoms with E-state index in [-0.39, 0.29) is 22.6 Å². The molecule has 0 aliphatic rings. The van der Waals surface area contributed by atoms with Gasteiger partial charge < -0.3 is 15.2 Å². The molecule has 126 valence electrons. The molecule has 24 heavy (non-hydrogen) atoms. The molecule has 2 aromatic carbocycles. The van der Waals surface area contributed by atoms with Gasteiger partial charge in [0.15, 0.2) is 11.6 Å². The molecule has 0 bridgehead atoms. The molecular formula is C17H15F2NO4. The second-order valence-corrected chi connectivity index (χ2v) is 4.95. The van der Waals surface area contributed by atoms with Crippen LogP contribution in [0, 0.1) is 11.6 Å². The molecule has 0 radical (unpaired) electrons. The number of hydrogen-bond donors (Lipinski definition) is 2. The number of ether oxygens (including phenoxy) is 1. The summed E-state index contributed by atoms with van der Waals surface area (Å²) >= 11 is 0. The number of benzene rings is 2. The van der Waals surface area contributed by atoms with Crippen LogP contribution in [0.5, 0.6) is 5.75 Å². The van der Waals surface area contributed by atoms with Crippen molar-refractivity contribution in [3.05, 3.63) is 59.2 Å². The van der Waals surface area contributed by atoms with Crippen LogP contribution < -0.4 is 10.1 Å². The van der Waals surface area contributed by atoms with Crippen molar-refractivity contribution in [1.29, 1.82) is 0 Å². The van der Waals surface area contributed by atoms with Crippen LogP contribution in [0.1, 0.15) is 34.1 Å². The predicted octanol–water partition coefficient (Wildman–Crippen LogP) is 3.70. The Labute approximate surface area is 136 Å². The molecule has 0 aliphatic carbocycles. The number of anilines is 1. The zero-order valence-electron chi connectivity index (χ0n) is 12.8. The highest BCUT2D eigenvalue weighted by Gasteiger charge is 2.15. The Bertz CT molecular complexity index is 777. The van der Waals surface area contributed by atoms with Gasteiger partial charge in [-0.1, -0.05) is 6.92 Å². The molecular weight excluding hydrogens is 320 g/mol. The third kappa shape index (κ3) is 4.07. The molecule has 0 unspecified atom stereocenters. The molecule has 0 spiro atoms. The van der Waals surface area contributed by atoms with Gasteiger partial charge in [-0.2, -0.15) is 0 Å². The molecule has 1 amide bonds. The molecule has 0 saturated heterocycles. The molecule has 2 aromatic rings. The zero-order valence-corrected chi connectivity index (χ0v) is 12.8. The fraction of sp³-hybridized carbons (Fsp3) is 0.176. The zero-order chi connectivity index (χ0) is 17.7. The smallest absolute Gasteiger partial charge is 0.335 e. The standard InChI is InChI=1S/C17H15F2NO4/c1-2-7-24-15-6-4-11(17(22)23)9-14(15)20-16(21)10-3-5-12(18)13(19)8-10/h3-6,8-9H,2,7H2,1H3,(H,20,21)(H,22,23). The van der Waals surface area contributed by atoms with E-state index in [1.165, 1.54) is 18.2 Å². The van der Waals surface area contributed by atoms with E-state index in [0.29, 0.717) is 6.61 Å². The second kappa shape index (κ2) is 7.54. The van der Waals surface area contributed by atoms with Crippen molar-refractivity contribution in [3.8, 4) is 5.75 Å². The van der Waals surface area contributed by atoms with E-state index in [1.807, 2.05) is 6.92 Å². The van der Waals surface area contributed by atoms with Crippen molar-refractivity contribution < 1.29 is 28.2 Å². The van der Waals surface area contributed by atoms with E-state index in [9.17, 15) is 18.4 Å². The van der Waals surface area contributed by atoms with Crippen LogP contribution in [0.15, 0.2) is 36.4 Å². The van der Waals surface area contributed by atoms with Crippen LogP contribution >= 0.6 is 0 Å². The van der Waals surface area contributed by atoms with Crippen LogP contribution in [0.25, 0.3) is 0 Å². The summed E-state index contributed by atoms with van der Waals surface area (Å²) in [7, 11) is 0. The average molecular weight is 335 g/mol. The summed E-state index contributed by atoms with van der Waals surface area (Å²) in [6, 6.07) is 6.75. The number of aromatic carboxylic acids is 1. The first kappa shape index (κ1) is 17.4. The number of carbonyl (C=O) groups excluding carboxylic acids is 1. The van der Waals surface area contributed by atoms with Crippen molar-refractivity contribution in [3.63, 3.8) is 0 Å². The fourth-order valence-electron chi connectivity index (χ4n) is 1.93. The lowest BCUT2D eigenvalue weighted by Crippen LogP contribution is -2.14. The van der Waals surface area contributed by atoms with Gasteiger partial charge in [0, 0.05) is 5.56 Å². The quantitative estimate of drug-likeness (QED) is 0.844. The van der Waals surface area contributed by atoms with Gasteiger partial charge in [0.1, 0.15) is 5.75 Å². The fourth-order valence-corrected chi connectivity index (χ4v) is 1.93. The van der Waals surface area contributed by atoms with Crippen molar-refractivity contribution in [2.45, 2.75) is 13.3 Å². The number of halogens is 2. The Morgan fingerprint density at radius 3 is 2.42 bits per heavy atom. The Kier molecular flexibility index (Phi) is 5.47. The number of amides is 1. The van der Waals surface area contributed by atoms with E-state index in [1.54, 1.807) is 0 Å². The third-order valence-electron chi connectivity index (χ3n) is 3.12. The first-order valence-corrected chi connectivity index (χ1v) is 7.19. The number of carbonyl (C=O) groups is 2. The molecule has 0 aromatic heterocycles. The summed E-state index contributed by atoms with van der Waals surface area (Å²) in [6.45, 7) is 2.27. The Hall–Kier alpha value is -2.96. The van der Waals surface area contributed by atoms with E-state index in [2.05, 4.69) is 5.32 Å². The van der Waals surface area contributed by atoms with E-state index >= 15 is 0 Å². The molecule has 0 atom stereocenters. The average Bonchev–Trinajstić information content (AvgIpc) is 2.55. The van der Waals surface area contributed by atoms with Crippen LogP contribution in [0.3, 0.4) is 0 Å². The normalized spacial score (nSPS) is 10.3. The molecule has 0 aliphatic heterocycles. The number of carboxylic acid groups (broad SMARTS) is 1. The van der Waals surface area contributed by atoms with Crippen LogP contribution in [0.4, 0.5) is 14.5 Å². The molecule has 0 heterocycles. The van der Waals surface area contributed by atoms with E-state index in [0.717, 1.165) is 24.6 Å². The Morgan fingerprint density at radius 2 is 1.79 bits per heavy atom. The summed E-state index contributed by atoms with van der Waals surface area (Å²) in [5.74, 6) is -3.80. The summed E-state index contributed by atoms with van der Waals surface area (Å²) in [5.41, 5.74) is -0.00594. The lowest BCUT2D eigenvalue weighted by atomic mass is 10.1. The largest absolute Gasteiger partial charge is 0.491 e. The molecule has 7 heteroatoms. The third-order valence-corrected chi connectivity index (χ3v) is 3.12. The molecule has 5 nitrogen and oxygen atoms in total. The highest BCUT2D eigenvalue weighted by molar-refractivity contribution is 6.05. The first-order chi connectivity index (χ1) is 11.4. The van der Waals surface area contributed by atoms with E-state index < -0.39 is 23.5 Å². The predicted molar refractivity (Wildman–Crippen MR) is 83.5 cm³/mol. The minimum atomic E-state index is -1.17. The van der Waals surface area contributed by atoms with Gasteiger partial charge in [0.2, 0.25) is 0 Å².